The van der Waals surface area contributed by atoms with E-state index in [9.17, 15) is 22.0 Å². The van der Waals surface area contributed by atoms with Crippen LogP contribution in [0.15, 0.2) is 0 Å². The Morgan fingerprint density at radius 3 is 1.95 bits per heavy atom. The fourth-order valence-corrected chi connectivity index (χ4v) is 1.77. The predicted molar refractivity (Wildman–Crippen MR) is 62.2 cm³/mol. The molecule has 0 bridgehead atoms. The highest BCUT2D eigenvalue weighted by molar-refractivity contribution is 5.65. The Balaban J connectivity index is 2.64. The molecule has 2 aromatic rings. The Morgan fingerprint density at radius 1 is 1.00 bits per heavy atom. The summed E-state index contributed by atoms with van der Waals surface area (Å²) in [5, 5.41) is 14.8. The zero-order chi connectivity index (χ0) is 15.9. The molecule has 0 fully saturated rings. The van der Waals surface area contributed by atoms with Gasteiger partial charge in [-0.2, -0.15) is 10.4 Å². The predicted octanol–water partition coefficient (Wildman–Crippen LogP) is 3.04. The average molecular weight is 302 g/mol. The Labute approximate surface area is 115 Å². The molecular formula is C12H7F5N4. The van der Waals surface area contributed by atoms with Gasteiger partial charge in [0.15, 0.2) is 23.3 Å². The van der Waals surface area contributed by atoms with Crippen molar-refractivity contribution in [2.24, 2.45) is 7.05 Å². The molecule has 0 unspecified atom stereocenters. The standard InChI is InChI=1S/C12H7F5N4/c1-4-5(3-18)12(21(2)20-4)19-11-9(16)7(14)6(13)8(15)10(11)17/h19H,1-2H3. The van der Waals surface area contributed by atoms with Crippen molar-refractivity contribution in [3.8, 4) is 6.07 Å². The summed E-state index contributed by atoms with van der Waals surface area (Å²) in [6.45, 7) is 1.46. The van der Waals surface area contributed by atoms with Crippen molar-refractivity contribution in [2.45, 2.75) is 6.92 Å². The first kappa shape index (κ1) is 14.8. The number of hydrogen-bond acceptors (Lipinski definition) is 3. The topological polar surface area (TPSA) is 53.6 Å². The lowest BCUT2D eigenvalue weighted by molar-refractivity contribution is 0.382. The molecule has 2 rings (SSSR count). The Kier molecular flexibility index (Phi) is 3.55. The summed E-state index contributed by atoms with van der Waals surface area (Å²) in [7, 11) is 1.35. The number of halogens is 5. The van der Waals surface area contributed by atoms with Gasteiger partial charge in [-0.15, -0.1) is 0 Å². The van der Waals surface area contributed by atoms with Gasteiger partial charge in [0.25, 0.3) is 0 Å². The van der Waals surface area contributed by atoms with Crippen LogP contribution < -0.4 is 5.32 Å². The highest BCUT2D eigenvalue weighted by Gasteiger charge is 2.27. The van der Waals surface area contributed by atoms with Crippen LogP contribution in [0.3, 0.4) is 0 Å². The summed E-state index contributed by atoms with van der Waals surface area (Å²) in [6, 6.07) is 1.73. The maximum atomic E-state index is 13.6. The van der Waals surface area contributed by atoms with Crippen molar-refractivity contribution in [1.82, 2.24) is 9.78 Å². The van der Waals surface area contributed by atoms with E-state index in [2.05, 4.69) is 5.10 Å². The monoisotopic (exact) mass is 302 g/mol. The van der Waals surface area contributed by atoms with Crippen molar-refractivity contribution < 1.29 is 22.0 Å². The number of hydrogen-bond donors (Lipinski definition) is 1. The maximum absolute atomic E-state index is 13.6. The minimum atomic E-state index is -2.25. The minimum Gasteiger partial charge on any atom is -0.334 e. The van der Waals surface area contributed by atoms with Gasteiger partial charge in [-0.3, -0.25) is 4.68 Å². The zero-order valence-corrected chi connectivity index (χ0v) is 10.7. The van der Waals surface area contributed by atoms with E-state index in [1.54, 1.807) is 6.07 Å². The van der Waals surface area contributed by atoms with Gasteiger partial charge in [0, 0.05) is 7.05 Å². The largest absolute Gasteiger partial charge is 0.334 e. The Bertz CT molecular complexity index is 746. The molecule has 0 amide bonds. The van der Waals surface area contributed by atoms with Gasteiger partial charge in [0.05, 0.1) is 5.69 Å². The number of nitrogens with zero attached hydrogens (tertiary/aromatic N) is 3. The van der Waals surface area contributed by atoms with E-state index in [0.717, 1.165) is 4.68 Å². The van der Waals surface area contributed by atoms with Crippen molar-refractivity contribution in [3.63, 3.8) is 0 Å². The number of nitrogens with one attached hydrogen (secondary N) is 1. The van der Waals surface area contributed by atoms with E-state index in [1.807, 2.05) is 5.32 Å². The number of anilines is 2. The summed E-state index contributed by atoms with van der Waals surface area (Å²) in [5.74, 6) is -10.6. The summed E-state index contributed by atoms with van der Waals surface area (Å²) >= 11 is 0. The molecule has 0 saturated carbocycles. The number of aryl methyl sites for hydroxylation is 2. The van der Waals surface area contributed by atoms with Crippen molar-refractivity contribution in [1.29, 1.82) is 5.26 Å². The van der Waals surface area contributed by atoms with Crippen LogP contribution in [0.5, 0.6) is 0 Å². The van der Waals surface area contributed by atoms with Crippen molar-refractivity contribution in [2.75, 3.05) is 5.32 Å². The van der Waals surface area contributed by atoms with Crippen molar-refractivity contribution in [3.05, 3.63) is 40.3 Å². The van der Waals surface area contributed by atoms with E-state index in [0.29, 0.717) is 0 Å². The van der Waals surface area contributed by atoms with Crippen LogP contribution in [-0.4, -0.2) is 9.78 Å². The fraction of sp³-hybridized carbons (Fsp3) is 0.167. The average Bonchev–Trinajstić information content (AvgIpc) is 2.72. The van der Waals surface area contributed by atoms with Crippen LogP contribution in [-0.2, 0) is 7.05 Å². The summed E-state index contributed by atoms with van der Waals surface area (Å²) < 4.78 is 67.3. The lowest BCUT2D eigenvalue weighted by Crippen LogP contribution is -2.09. The second-order valence-electron chi connectivity index (χ2n) is 4.11. The number of aromatic nitrogens is 2. The van der Waals surface area contributed by atoms with E-state index >= 15 is 0 Å². The normalized spacial score (nSPS) is 10.6. The lowest BCUT2D eigenvalue weighted by atomic mass is 10.2. The van der Waals surface area contributed by atoms with Crippen LogP contribution in [0.2, 0.25) is 0 Å². The molecule has 1 N–H and O–H groups in total. The third-order valence-electron chi connectivity index (χ3n) is 2.79. The fourth-order valence-electron chi connectivity index (χ4n) is 1.77. The molecule has 9 heteroatoms. The van der Waals surface area contributed by atoms with Crippen molar-refractivity contribution >= 4 is 11.5 Å². The van der Waals surface area contributed by atoms with Gasteiger partial charge < -0.3 is 5.32 Å². The van der Waals surface area contributed by atoms with Crippen LogP contribution in [0.4, 0.5) is 33.5 Å². The first-order chi connectivity index (χ1) is 9.79. The highest BCUT2D eigenvalue weighted by Crippen LogP contribution is 2.31. The number of nitriles is 1. The highest BCUT2D eigenvalue weighted by atomic mass is 19.2. The van der Waals surface area contributed by atoms with Crippen LogP contribution in [0, 0.1) is 47.3 Å². The summed E-state index contributed by atoms with van der Waals surface area (Å²) in [4.78, 5) is 0. The van der Waals surface area contributed by atoms with Gasteiger partial charge in [0.1, 0.15) is 23.1 Å². The van der Waals surface area contributed by atoms with E-state index < -0.39 is 34.8 Å². The van der Waals surface area contributed by atoms with Gasteiger partial charge in [-0.25, -0.2) is 22.0 Å². The molecule has 21 heavy (non-hydrogen) atoms. The van der Waals surface area contributed by atoms with Gasteiger partial charge in [-0.1, -0.05) is 0 Å². The Morgan fingerprint density at radius 2 is 1.48 bits per heavy atom. The zero-order valence-electron chi connectivity index (χ0n) is 10.7. The molecule has 0 spiro atoms. The molecule has 0 aliphatic rings. The number of rotatable bonds is 2. The molecule has 0 atom stereocenters. The maximum Gasteiger partial charge on any atom is 0.200 e. The van der Waals surface area contributed by atoms with Crippen LogP contribution >= 0.6 is 0 Å². The molecule has 1 aromatic heterocycles. The first-order valence-electron chi connectivity index (χ1n) is 5.51. The van der Waals surface area contributed by atoms with Crippen LogP contribution in [0.25, 0.3) is 0 Å². The molecule has 0 saturated heterocycles. The quantitative estimate of drug-likeness (QED) is 0.527. The summed E-state index contributed by atoms with van der Waals surface area (Å²) in [5.41, 5.74) is -1.07. The third-order valence-corrected chi connectivity index (χ3v) is 2.79. The molecule has 1 heterocycles. The molecule has 0 radical (unpaired) electrons. The first-order valence-corrected chi connectivity index (χ1v) is 5.51. The second-order valence-corrected chi connectivity index (χ2v) is 4.11. The summed E-state index contributed by atoms with van der Waals surface area (Å²) in [6.07, 6.45) is 0. The molecule has 0 aliphatic carbocycles. The minimum absolute atomic E-state index is 0.0681. The van der Waals surface area contributed by atoms with Gasteiger partial charge >= 0.3 is 0 Å². The Hall–Kier alpha value is -2.63. The van der Waals surface area contributed by atoms with Gasteiger partial charge in [0.2, 0.25) is 5.82 Å². The second kappa shape index (κ2) is 5.05. The van der Waals surface area contributed by atoms with E-state index in [4.69, 9.17) is 5.26 Å². The van der Waals surface area contributed by atoms with E-state index in [1.165, 1.54) is 14.0 Å². The molecule has 1 aromatic carbocycles. The molecule has 4 nitrogen and oxygen atoms in total. The van der Waals surface area contributed by atoms with Crippen LogP contribution in [0.1, 0.15) is 11.3 Å². The number of benzene rings is 1. The molecule has 0 aliphatic heterocycles. The van der Waals surface area contributed by atoms with Gasteiger partial charge in [-0.05, 0) is 6.92 Å². The molecular weight excluding hydrogens is 295 g/mol. The molecule has 110 valence electrons. The SMILES string of the molecule is Cc1nn(C)c(Nc2c(F)c(F)c(F)c(F)c2F)c1C#N. The third kappa shape index (κ3) is 2.18. The smallest absolute Gasteiger partial charge is 0.200 e. The lowest BCUT2D eigenvalue weighted by Gasteiger charge is -2.11. The van der Waals surface area contributed by atoms with E-state index in [-0.39, 0.29) is 17.1 Å².